The Morgan fingerprint density at radius 3 is 0.911 bits per heavy atom. The Kier molecular flexibility index (Phi) is 74.8. The molecule has 0 unspecified atom stereocenters. The summed E-state index contributed by atoms with van der Waals surface area (Å²) in [5.41, 5.74) is 1.21. The molecule has 5 aliphatic rings. The van der Waals surface area contributed by atoms with Crippen LogP contribution >= 0.6 is 0 Å². The summed E-state index contributed by atoms with van der Waals surface area (Å²) in [6.07, 6.45) is 55.7. The molecular formula is C79H170. The molecule has 0 saturated heterocycles. The second-order valence-electron chi connectivity index (χ2n) is 30.4. The van der Waals surface area contributed by atoms with Gasteiger partial charge < -0.3 is 0 Å². The zero-order valence-corrected chi connectivity index (χ0v) is 61.9. The normalized spacial score (nSPS) is 17.3. The zero-order chi connectivity index (χ0) is 61.9. The minimum absolute atomic E-state index is 0.550. The second kappa shape index (κ2) is 65.5. The molecule has 5 saturated carbocycles. The van der Waals surface area contributed by atoms with Crippen molar-refractivity contribution in [2.75, 3.05) is 0 Å². The molecule has 0 spiro atoms. The molecule has 0 aliphatic heterocycles. The number of hydrogen-bond acceptors (Lipinski definition) is 0. The molecule has 0 amide bonds. The van der Waals surface area contributed by atoms with Crippen LogP contribution in [-0.4, -0.2) is 0 Å². The van der Waals surface area contributed by atoms with Gasteiger partial charge in [0.2, 0.25) is 0 Å². The van der Waals surface area contributed by atoms with Crippen LogP contribution in [-0.2, 0) is 0 Å². The van der Waals surface area contributed by atoms with Crippen molar-refractivity contribution in [3.05, 3.63) is 0 Å². The summed E-state index contributed by atoms with van der Waals surface area (Å²) in [7, 11) is 0. The molecule has 0 aromatic carbocycles. The average molecular weight is 1120 g/mol. The van der Waals surface area contributed by atoms with Crippen LogP contribution < -0.4 is 0 Å². The highest BCUT2D eigenvalue weighted by atomic mass is 14.3. The smallest absolute Gasteiger partial charge is 0.0354 e. The molecule has 79 heavy (non-hydrogen) atoms. The van der Waals surface area contributed by atoms with E-state index in [2.05, 4.69) is 187 Å². The average Bonchev–Trinajstić information content (AvgIpc) is 4.02. The maximum atomic E-state index is 2.39. The van der Waals surface area contributed by atoms with Gasteiger partial charge in [-0.05, 0) is 95.2 Å². The molecule has 0 aromatic rings. The number of hydrogen-bond donors (Lipinski definition) is 0. The fourth-order valence-corrected chi connectivity index (χ4v) is 10.6. The van der Waals surface area contributed by atoms with Gasteiger partial charge >= 0.3 is 0 Å². The van der Waals surface area contributed by atoms with Crippen LogP contribution in [0.25, 0.3) is 0 Å². The van der Waals surface area contributed by atoms with E-state index in [0.29, 0.717) is 10.8 Å². The van der Waals surface area contributed by atoms with Gasteiger partial charge in [0.25, 0.3) is 0 Å². The van der Waals surface area contributed by atoms with Crippen LogP contribution in [0.15, 0.2) is 0 Å². The predicted molar refractivity (Wildman–Crippen MR) is 377 cm³/mol. The highest BCUT2D eigenvalue weighted by Crippen LogP contribution is 2.38. The highest BCUT2D eigenvalue weighted by molar-refractivity contribution is 4.76. The Morgan fingerprint density at radius 2 is 0.759 bits per heavy atom. The van der Waals surface area contributed by atoms with Gasteiger partial charge in [-0.2, -0.15) is 0 Å². The minimum Gasteiger partial charge on any atom is -0.0654 e. The van der Waals surface area contributed by atoms with E-state index in [1.165, 1.54) is 250 Å². The predicted octanol–water partition coefficient (Wildman–Crippen LogP) is 30.4. The van der Waals surface area contributed by atoms with E-state index in [1.807, 2.05) is 0 Å². The first-order valence-electron chi connectivity index (χ1n) is 37.2. The molecule has 5 rings (SSSR count). The summed E-state index contributed by atoms with van der Waals surface area (Å²) in [6, 6.07) is 0. The van der Waals surface area contributed by atoms with Crippen molar-refractivity contribution < 1.29 is 0 Å². The monoisotopic (exact) mass is 1120 g/mol. The first-order chi connectivity index (χ1) is 37.2. The summed E-state index contributed by atoms with van der Waals surface area (Å²) >= 11 is 0. The topological polar surface area (TPSA) is 0 Å². The first-order valence-corrected chi connectivity index (χ1v) is 37.2. The Bertz CT molecular complexity index is 991. The lowest BCUT2D eigenvalue weighted by Gasteiger charge is -2.32. The highest BCUT2D eigenvalue weighted by Gasteiger charge is 2.24. The third-order valence-corrected chi connectivity index (χ3v) is 18.0. The van der Waals surface area contributed by atoms with Gasteiger partial charge in [0.15, 0.2) is 0 Å². The molecule has 486 valence electrons. The molecular weight excluding hydrogens is 949 g/mol. The van der Waals surface area contributed by atoms with Crippen LogP contribution in [0.5, 0.6) is 0 Å². The van der Waals surface area contributed by atoms with Crippen LogP contribution in [0.1, 0.15) is 437 Å². The van der Waals surface area contributed by atoms with Gasteiger partial charge in [-0.1, -0.05) is 418 Å². The summed E-state index contributed by atoms with van der Waals surface area (Å²) in [5.74, 6) is 11.0. The third kappa shape index (κ3) is 82.3. The summed E-state index contributed by atoms with van der Waals surface area (Å²) < 4.78 is 0. The van der Waals surface area contributed by atoms with Crippen molar-refractivity contribution in [2.45, 2.75) is 437 Å². The van der Waals surface area contributed by atoms with Crippen molar-refractivity contribution in [3.63, 3.8) is 0 Å². The lowest BCUT2D eigenvalue weighted by Crippen LogP contribution is -2.19. The molecule has 0 aromatic heterocycles. The van der Waals surface area contributed by atoms with E-state index in [4.69, 9.17) is 0 Å². The maximum Gasteiger partial charge on any atom is -0.0354 e. The van der Waals surface area contributed by atoms with Gasteiger partial charge in [0, 0.05) is 0 Å². The van der Waals surface area contributed by atoms with Gasteiger partial charge in [-0.15, -0.1) is 0 Å². The molecule has 5 fully saturated rings. The Hall–Kier alpha value is 0. The standard InChI is InChI=1S/C9H18.C8H16.2C7H14.6C7H16.C6H12/c1-8-4-6-9(2,3)7-5-8;1-7(2)8-5-3-4-6-8;1-6(2)7-4-3-5-7;1-7-5-3-2-4-6-7;1-5-6-7(2,3)4;2*1-4-5-6-7(2)3;1-4-6-7(3)5-2;1-4-7(5-2)6-3;1-3-5-7-6-4-2;1-2-3-6-4-5-6/h8H,4-7H2,1-3H3;7-8H,3-6H2,1-2H3;6-7H,3-5H2,1-2H3;7H,2-6H2,1H3;5-6H2,1-4H3;4*7H,4-6H2,1-3H3;3-7H2,1-2H3;6H,2-5H2,1H3/t;;;;;;;7-;;;/m.......1.../s1. The van der Waals surface area contributed by atoms with Crippen LogP contribution in [0, 0.1) is 75.9 Å². The molecule has 0 heterocycles. The van der Waals surface area contributed by atoms with Gasteiger partial charge in [0.05, 0.1) is 0 Å². The fourth-order valence-electron chi connectivity index (χ4n) is 10.6. The van der Waals surface area contributed by atoms with Crippen LogP contribution in [0.3, 0.4) is 0 Å². The SMILES string of the molecule is CC(C)C1CCC1.CC(C)C1CCCC1.CC1CCC(C)(C)CC1.CC1CCCCC1.CCC(CC)CC.CCCC(C)(C)C.CCCC1CC1.CCCCC(C)C.CCCCC(C)C.CCCCCCC.CCC[C@H](C)CC. The lowest BCUT2D eigenvalue weighted by atomic mass is 9.74. The van der Waals surface area contributed by atoms with Gasteiger partial charge in [-0.25, -0.2) is 0 Å². The molecule has 1 atom stereocenters. The van der Waals surface area contributed by atoms with E-state index < -0.39 is 0 Å². The largest absolute Gasteiger partial charge is 0.0654 e. The third-order valence-electron chi connectivity index (χ3n) is 18.0. The van der Waals surface area contributed by atoms with Crippen molar-refractivity contribution in [1.82, 2.24) is 0 Å². The fraction of sp³-hybridized carbons (Fsp3) is 1.00. The van der Waals surface area contributed by atoms with Crippen molar-refractivity contribution in [3.8, 4) is 0 Å². The van der Waals surface area contributed by atoms with Crippen molar-refractivity contribution >= 4 is 0 Å². The molecule has 5 aliphatic carbocycles. The number of rotatable bonds is 21. The van der Waals surface area contributed by atoms with Crippen LogP contribution in [0.2, 0.25) is 0 Å². The Balaban J connectivity index is -0.000000186. The maximum absolute atomic E-state index is 2.39. The van der Waals surface area contributed by atoms with Gasteiger partial charge in [-0.3, -0.25) is 0 Å². The van der Waals surface area contributed by atoms with Crippen molar-refractivity contribution in [1.29, 1.82) is 0 Å². The van der Waals surface area contributed by atoms with E-state index in [9.17, 15) is 0 Å². The summed E-state index contributed by atoms with van der Waals surface area (Å²) in [5, 5.41) is 0. The summed E-state index contributed by atoms with van der Waals surface area (Å²) in [4.78, 5) is 0. The summed E-state index contributed by atoms with van der Waals surface area (Å²) in [6.45, 7) is 61.8. The van der Waals surface area contributed by atoms with E-state index in [0.717, 1.165) is 65.1 Å². The lowest BCUT2D eigenvalue weighted by molar-refractivity contribution is 0.201. The number of unbranched alkanes of at least 4 members (excludes halogenated alkanes) is 6. The van der Waals surface area contributed by atoms with E-state index in [-0.39, 0.29) is 0 Å². The Morgan fingerprint density at radius 1 is 0.380 bits per heavy atom. The molecule has 0 nitrogen and oxygen atoms in total. The van der Waals surface area contributed by atoms with E-state index >= 15 is 0 Å². The molecule has 0 heteroatoms. The molecule has 0 bridgehead atoms. The first kappa shape index (κ1) is 90.2. The second-order valence-corrected chi connectivity index (χ2v) is 30.4. The Labute approximate surface area is 510 Å². The zero-order valence-electron chi connectivity index (χ0n) is 61.9. The quantitative estimate of drug-likeness (QED) is 0.101. The van der Waals surface area contributed by atoms with Gasteiger partial charge in [0.1, 0.15) is 0 Å². The molecule has 0 radical (unpaired) electrons. The van der Waals surface area contributed by atoms with Crippen LogP contribution in [0.4, 0.5) is 0 Å². The minimum atomic E-state index is 0.550. The molecule has 0 N–H and O–H groups in total. The van der Waals surface area contributed by atoms with E-state index in [1.54, 1.807) is 0 Å². The van der Waals surface area contributed by atoms with Crippen molar-refractivity contribution in [2.24, 2.45) is 75.9 Å².